The fourth-order valence-electron chi connectivity index (χ4n) is 2.25. The Morgan fingerprint density at radius 1 is 1.24 bits per heavy atom. The van der Waals surface area contributed by atoms with Crippen molar-refractivity contribution in [1.29, 1.82) is 0 Å². The summed E-state index contributed by atoms with van der Waals surface area (Å²) in [5, 5.41) is 7.81. The molecule has 0 aromatic carbocycles. The summed E-state index contributed by atoms with van der Waals surface area (Å²) in [6.45, 7) is 9.79. The zero-order valence-corrected chi connectivity index (χ0v) is 13.3. The molecule has 6 heteroatoms. The minimum absolute atomic E-state index is 0.558. The van der Waals surface area contributed by atoms with Gasteiger partial charge in [0.25, 0.3) is 0 Å². The van der Waals surface area contributed by atoms with Crippen LogP contribution < -0.4 is 11.1 Å². The highest BCUT2D eigenvalue weighted by Gasteiger charge is 2.07. The molecule has 0 unspecified atom stereocenters. The van der Waals surface area contributed by atoms with Gasteiger partial charge in [-0.3, -0.25) is 4.68 Å². The van der Waals surface area contributed by atoms with Gasteiger partial charge in [0.15, 0.2) is 0 Å². The van der Waals surface area contributed by atoms with Crippen LogP contribution in [0, 0.1) is 20.8 Å². The van der Waals surface area contributed by atoms with Crippen LogP contribution in [0.3, 0.4) is 0 Å². The van der Waals surface area contributed by atoms with E-state index in [1.807, 2.05) is 25.5 Å². The number of nitrogens with zero attached hydrogens (tertiary/aromatic N) is 4. The predicted octanol–water partition coefficient (Wildman–Crippen LogP) is 2.25. The smallest absolute Gasteiger partial charge is 0.134 e. The van der Waals surface area contributed by atoms with Crippen LogP contribution in [0.1, 0.15) is 36.1 Å². The van der Waals surface area contributed by atoms with E-state index in [2.05, 4.69) is 33.4 Å². The number of nitrogen functional groups attached to an aromatic ring is 1. The normalized spacial score (nSPS) is 10.9. The molecule has 6 nitrogen and oxygen atoms in total. The molecule has 0 bridgehead atoms. The van der Waals surface area contributed by atoms with Crippen molar-refractivity contribution in [2.24, 2.45) is 0 Å². The molecule has 21 heavy (non-hydrogen) atoms. The van der Waals surface area contributed by atoms with E-state index in [1.165, 1.54) is 5.69 Å². The second-order valence-corrected chi connectivity index (χ2v) is 5.28. The monoisotopic (exact) mass is 288 g/mol. The van der Waals surface area contributed by atoms with Gasteiger partial charge in [0.05, 0.1) is 5.69 Å². The van der Waals surface area contributed by atoms with E-state index in [0.29, 0.717) is 5.82 Å². The first-order chi connectivity index (χ1) is 10.0. The van der Waals surface area contributed by atoms with Crippen LogP contribution in [-0.2, 0) is 13.0 Å². The maximum absolute atomic E-state index is 5.91. The molecule has 0 aliphatic carbocycles. The maximum Gasteiger partial charge on any atom is 0.134 e. The summed E-state index contributed by atoms with van der Waals surface area (Å²) >= 11 is 0. The van der Waals surface area contributed by atoms with E-state index in [-0.39, 0.29) is 0 Å². The molecule has 3 N–H and O–H groups in total. The minimum Gasteiger partial charge on any atom is -0.383 e. The molecular weight excluding hydrogens is 264 g/mol. The zero-order valence-electron chi connectivity index (χ0n) is 13.3. The quantitative estimate of drug-likeness (QED) is 0.797. The van der Waals surface area contributed by atoms with Crippen molar-refractivity contribution in [3.63, 3.8) is 0 Å². The molecule has 0 atom stereocenters. The predicted molar refractivity (Wildman–Crippen MR) is 85.4 cm³/mol. The highest BCUT2D eigenvalue weighted by atomic mass is 15.3. The molecule has 0 radical (unpaired) electrons. The molecule has 0 fully saturated rings. The van der Waals surface area contributed by atoms with Crippen molar-refractivity contribution < 1.29 is 0 Å². The number of hydrogen-bond donors (Lipinski definition) is 2. The van der Waals surface area contributed by atoms with Crippen molar-refractivity contribution in [3.05, 3.63) is 28.8 Å². The van der Waals surface area contributed by atoms with E-state index < -0.39 is 0 Å². The summed E-state index contributed by atoms with van der Waals surface area (Å²) in [5.41, 5.74) is 9.08. The zero-order chi connectivity index (χ0) is 15.4. The van der Waals surface area contributed by atoms with E-state index in [9.17, 15) is 0 Å². The van der Waals surface area contributed by atoms with Crippen LogP contribution in [0.5, 0.6) is 0 Å². The minimum atomic E-state index is 0.558. The average Bonchev–Trinajstić information content (AvgIpc) is 2.77. The van der Waals surface area contributed by atoms with Crippen LogP contribution in [0.4, 0.5) is 11.6 Å². The van der Waals surface area contributed by atoms with Gasteiger partial charge in [0.1, 0.15) is 17.5 Å². The summed E-state index contributed by atoms with van der Waals surface area (Å²) in [4.78, 5) is 8.75. The number of aromatic nitrogens is 4. The summed E-state index contributed by atoms with van der Waals surface area (Å²) in [6, 6.07) is 2.09. The molecule has 2 aromatic rings. The summed E-state index contributed by atoms with van der Waals surface area (Å²) in [7, 11) is 0. The number of aryl methyl sites for hydroxylation is 4. The molecule has 0 saturated heterocycles. The molecule has 2 heterocycles. The second kappa shape index (κ2) is 6.56. The van der Waals surface area contributed by atoms with Gasteiger partial charge in [-0.15, -0.1) is 0 Å². The van der Waals surface area contributed by atoms with Crippen LogP contribution in [0.2, 0.25) is 0 Å². The SMILES string of the molecule is CCc1nc(N)c(C)c(NCCCn2nc(C)cc2C)n1. The van der Waals surface area contributed by atoms with Crippen molar-refractivity contribution in [2.45, 2.75) is 47.1 Å². The van der Waals surface area contributed by atoms with Crippen LogP contribution in [0.15, 0.2) is 6.07 Å². The van der Waals surface area contributed by atoms with Gasteiger partial charge in [-0.1, -0.05) is 6.92 Å². The molecule has 0 spiro atoms. The number of anilines is 2. The lowest BCUT2D eigenvalue weighted by atomic mass is 10.3. The van der Waals surface area contributed by atoms with E-state index in [4.69, 9.17) is 5.73 Å². The van der Waals surface area contributed by atoms with Crippen LogP contribution >= 0.6 is 0 Å². The van der Waals surface area contributed by atoms with Gasteiger partial charge in [0, 0.05) is 30.8 Å². The second-order valence-electron chi connectivity index (χ2n) is 5.28. The molecule has 0 aliphatic heterocycles. The Bertz CT molecular complexity index is 617. The average molecular weight is 288 g/mol. The number of nitrogens with two attached hydrogens (primary N) is 1. The Morgan fingerprint density at radius 2 is 2.00 bits per heavy atom. The Hall–Kier alpha value is -2.11. The third-order valence-corrected chi connectivity index (χ3v) is 3.49. The highest BCUT2D eigenvalue weighted by molar-refractivity contribution is 5.54. The van der Waals surface area contributed by atoms with E-state index >= 15 is 0 Å². The number of hydrogen-bond acceptors (Lipinski definition) is 5. The first-order valence-corrected chi connectivity index (χ1v) is 7.39. The lowest BCUT2D eigenvalue weighted by Crippen LogP contribution is -2.12. The van der Waals surface area contributed by atoms with Crippen LogP contribution in [-0.4, -0.2) is 26.3 Å². The lowest BCUT2D eigenvalue weighted by molar-refractivity contribution is 0.573. The molecular formula is C15H24N6. The van der Waals surface area contributed by atoms with E-state index in [1.54, 1.807) is 0 Å². The number of nitrogens with one attached hydrogen (secondary N) is 1. The topological polar surface area (TPSA) is 81.6 Å². The standard InChI is InChI=1S/C15H24N6/c1-5-13-18-14(16)12(4)15(19-13)17-7-6-8-21-11(3)9-10(2)20-21/h9H,5-8H2,1-4H3,(H3,16,17,18,19). The van der Waals surface area contributed by atoms with Gasteiger partial charge >= 0.3 is 0 Å². The van der Waals surface area contributed by atoms with Gasteiger partial charge < -0.3 is 11.1 Å². The Kier molecular flexibility index (Phi) is 4.77. The molecule has 2 aromatic heterocycles. The summed E-state index contributed by atoms with van der Waals surface area (Å²) in [6.07, 6.45) is 1.76. The first kappa shape index (κ1) is 15.3. The fourth-order valence-corrected chi connectivity index (χ4v) is 2.25. The van der Waals surface area contributed by atoms with Crippen LogP contribution in [0.25, 0.3) is 0 Å². The maximum atomic E-state index is 5.91. The summed E-state index contributed by atoms with van der Waals surface area (Å²) in [5.74, 6) is 2.18. The molecule has 0 saturated carbocycles. The Balaban J connectivity index is 1.91. The van der Waals surface area contributed by atoms with Gasteiger partial charge in [-0.25, -0.2) is 9.97 Å². The fraction of sp³-hybridized carbons (Fsp3) is 0.533. The highest BCUT2D eigenvalue weighted by Crippen LogP contribution is 2.17. The Labute approximate surface area is 125 Å². The molecule has 0 aliphatic rings. The number of rotatable bonds is 6. The molecule has 2 rings (SSSR count). The Morgan fingerprint density at radius 3 is 2.62 bits per heavy atom. The molecule has 114 valence electrons. The van der Waals surface area contributed by atoms with E-state index in [0.717, 1.165) is 48.8 Å². The third kappa shape index (κ3) is 3.71. The van der Waals surface area contributed by atoms with Crippen molar-refractivity contribution in [2.75, 3.05) is 17.6 Å². The summed E-state index contributed by atoms with van der Waals surface area (Å²) < 4.78 is 2.04. The van der Waals surface area contributed by atoms with Gasteiger partial charge in [0.2, 0.25) is 0 Å². The first-order valence-electron chi connectivity index (χ1n) is 7.39. The van der Waals surface area contributed by atoms with Crippen molar-refractivity contribution >= 4 is 11.6 Å². The largest absolute Gasteiger partial charge is 0.383 e. The van der Waals surface area contributed by atoms with Gasteiger partial charge in [-0.05, 0) is 33.3 Å². The third-order valence-electron chi connectivity index (χ3n) is 3.49. The molecule has 0 amide bonds. The lowest BCUT2D eigenvalue weighted by Gasteiger charge is -2.11. The van der Waals surface area contributed by atoms with Crippen molar-refractivity contribution in [3.8, 4) is 0 Å². The van der Waals surface area contributed by atoms with Crippen molar-refractivity contribution in [1.82, 2.24) is 19.7 Å². The van der Waals surface area contributed by atoms with Gasteiger partial charge in [-0.2, -0.15) is 5.10 Å².